The van der Waals surface area contributed by atoms with Crippen LogP contribution < -0.4 is 5.32 Å². The van der Waals surface area contributed by atoms with Crippen LogP contribution in [0.2, 0.25) is 0 Å². The molecule has 1 N–H and O–H groups in total. The van der Waals surface area contributed by atoms with Crippen LogP contribution >= 0.6 is 11.3 Å². The number of anilines is 1. The Kier molecular flexibility index (Phi) is 5.24. The molecule has 1 aromatic heterocycles. The Labute approximate surface area is 178 Å². The van der Waals surface area contributed by atoms with Gasteiger partial charge in [-0.2, -0.15) is 0 Å². The number of hydrogen-bond donors (Lipinski definition) is 1. The summed E-state index contributed by atoms with van der Waals surface area (Å²) in [5.41, 5.74) is 2.90. The number of benzene rings is 1. The maximum atomic E-state index is 13.5. The molecule has 156 valence electrons. The Balaban J connectivity index is 1.63. The minimum atomic E-state index is -0.615. The molecular weight excluding hydrogens is 405 g/mol. The molecule has 0 unspecified atom stereocenters. The Morgan fingerprint density at radius 1 is 1.30 bits per heavy atom. The van der Waals surface area contributed by atoms with Gasteiger partial charge in [-0.1, -0.05) is 0 Å². The van der Waals surface area contributed by atoms with E-state index in [1.165, 1.54) is 24.1 Å². The molecule has 0 spiro atoms. The second-order valence-electron chi connectivity index (χ2n) is 7.79. The molecule has 2 aliphatic heterocycles. The van der Waals surface area contributed by atoms with Gasteiger partial charge >= 0.3 is 5.97 Å². The maximum Gasteiger partial charge on any atom is 0.305 e. The molecule has 5 nitrogen and oxygen atoms in total. The van der Waals surface area contributed by atoms with Crippen molar-refractivity contribution in [1.29, 1.82) is 0 Å². The van der Waals surface area contributed by atoms with E-state index in [1.54, 1.807) is 17.4 Å². The second-order valence-corrected chi connectivity index (χ2v) is 8.78. The van der Waals surface area contributed by atoms with E-state index in [2.05, 4.69) is 21.5 Å². The predicted octanol–water partition coefficient (Wildman–Crippen LogP) is 4.94. The van der Waals surface area contributed by atoms with Crippen LogP contribution in [0.25, 0.3) is 11.1 Å². The van der Waals surface area contributed by atoms with E-state index in [4.69, 9.17) is 4.74 Å². The van der Waals surface area contributed by atoms with Crippen LogP contribution in [0.3, 0.4) is 0 Å². The van der Waals surface area contributed by atoms with Crippen molar-refractivity contribution in [3.8, 4) is 0 Å². The number of amides is 1. The van der Waals surface area contributed by atoms with Gasteiger partial charge in [0.1, 0.15) is 17.2 Å². The lowest BCUT2D eigenvalue weighted by molar-refractivity contribution is -0.140. The van der Waals surface area contributed by atoms with Gasteiger partial charge in [-0.15, -0.1) is 11.3 Å². The third-order valence-corrected chi connectivity index (χ3v) is 6.25. The van der Waals surface area contributed by atoms with Gasteiger partial charge in [0.25, 0.3) is 5.91 Å². The molecule has 3 heterocycles. The van der Waals surface area contributed by atoms with Crippen molar-refractivity contribution in [2.75, 3.05) is 12.4 Å². The minimum Gasteiger partial charge on any atom is -0.482 e. The highest BCUT2D eigenvalue weighted by atomic mass is 32.1. The number of halogens is 1. The lowest BCUT2D eigenvalue weighted by atomic mass is 9.93. The van der Waals surface area contributed by atoms with Crippen LogP contribution in [0.15, 0.2) is 41.5 Å². The fourth-order valence-corrected chi connectivity index (χ4v) is 4.70. The molecule has 4 rings (SSSR count). The van der Waals surface area contributed by atoms with Crippen molar-refractivity contribution in [3.05, 3.63) is 63.3 Å². The third-order valence-electron chi connectivity index (χ3n) is 5.26. The highest BCUT2D eigenvalue weighted by Crippen LogP contribution is 2.45. The molecule has 0 aliphatic carbocycles. The van der Waals surface area contributed by atoms with Crippen molar-refractivity contribution in [1.82, 2.24) is 0 Å². The van der Waals surface area contributed by atoms with Crippen molar-refractivity contribution in [2.45, 2.75) is 38.7 Å². The zero-order valence-electron chi connectivity index (χ0n) is 17.0. The van der Waals surface area contributed by atoms with E-state index in [0.29, 0.717) is 29.0 Å². The molecule has 2 aromatic rings. The Morgan fingerprint density at radius 2 is 2.10 bits per heavy atom. The number of methoxy groups -OCH3 is 1. The van der Waals surface area contributed by atoms with Crippen molar-refractivity contribution in [3.63, 3.8) is 0 Å². The molecule has 0 atom stereocenters. The molecule has 0 saturated carbocycles. The molecule has 0 bridgehead atoms. The number of hydrogen-bond acceptors (Lipinski definition) is 5. The van der Waals surface area contributed by atoms with E-state index >= 15 is 0 Å². The van der Waals surface area contributed by atoms with Crippen LogP contribution in [0.4, 0.5) is 10.1 Å². The highest BCUT2D eigenvalue weighted by Gasteiger charge is 2.38. The molecule has 2 aliphatic rings. The zero-order chi connectivity index (χ0) is 21.5. The Morgan fingerprint density at radius 3 is 2.87 bits per heavy atom. The number of nitrogens with one attached hydrogen (secondary N) is 1. The monoisotopic (exact) mass is 427 g/mol. The molecule has 0 fully saturated rings. The average molecular weight is 427 g/mol. The fourth-order valence-electron chi connectivity index (χ4n) is 3.77. The maximum absolute atomic E-state index is 13.5. The number of esters is 1. The van der Waals surface area contributed by atoms with Gasteiger partial charge in [0.2, 0.25) is 0 Å². The number of aryl methyl sites for hydroxylation is 1. The number of allylic oxidation sites excluding steroid dienone is 1. The van der Waals surface area contributed by atoms with E-state index in [-0.39, 0.29) is 11.9 Å². The smallest absolute Gasteiger partial charge is 0.305 e. The van der Waals surface area contributed by atoms with Crippen LogP contribution in [0.5, 0.6) is 0 Å². The van der Waals surface area contributed by atoms with Crippen molar-refractivity contribution >= 4 is 40.0 Å². The number of ether oxygens (including phenoxy) is 2. The quantitative estimate of drug-likeness (QED) is 0.542. The van der Waals surface area contributed by atoms with Gasteiger partial charge < -0.3 is 14.8 Å². The first-order valence-corrected chi connectivity index (χ1v) is 10.6. The molecule has 1 amide bonds. The van der Waals surface area contributed by atoms with Crippen molar-refractivity contribution in [2.24, 2.45) is 0 Å². The van der Waals surface area contributed by atoms with Gasteiger partial charge in [-0.05, 0) is 68.0 Å². The second kappa shape index (κ2) is 7.72. The molecule has 0 radical (unpaired) electrons. The summed E-state index contributed by atoms with van der Waals surface area (Å²) in [6.07, 6.45) is 3.82. The molecule has 7 heteroatoms. The Bertz CT molecular complexity index is 1100. The molecule has 1 aromatic carbocycles. The van der Waals surface area contributed by atoms with Crippen molar-refractivity contribution < 1.29 is 23.5 Å². The summed E-state index contributed by atoms with van der Waals surface area (Å²) in [5.74, 6) is -0.419. The predicted molar refractivity (Wildman–Crippen MR) is 114 cm³/mol. The van der Waals surface area contributed by atoms with Crippen LogP contribution in [-0.4, -0.2) is 24.6 Å². The number of carbonyl (C=O) groups excluding carboxylic acids is 2. The van der Waals surface area contributed by atoms with E-state index < -0.39 is 11.4 Å². The Hall–Kier alpha value is -2.93. The first kappa shape index (κ1) is 20.3. The summed E-state index contributed by atoms with van der Waals surface area (Å²) < 4.78 is 24.4. The number of thiophene rings is 1. The standard InChI is InChI=1S/C23H22FNO4S/c1-23(2)17(13-9-15(30-12-13)5-4-6-20(26)28-3)11-19(29-23)21-16-8-7-14(24)10-18(16)25-22(21)27/h7-12H,4-6H2,1-3H3,(H,25,27)/b21-19+. The van der Waals surface area contributed by atoms with Gasteiger partial charge in [0, 0.05) is 22.4 Å². The molecule has 0 saturated heterocycles. The van der Waals surface area contributed by atoms with E-state index in [0.717, 1.165) is 24.0 Å². The summed E-state index contributed by atoms with van der Waals surface area (Å²) in [6.45, 7) is 3.92. The fraction of sp³-hybridized carbons (Fsp3) is 0.304. The van der Waals surface area contributed by atoms with Crippen LogP contribution in [0.1, 0.15) is 42.7 Å². The topological polar surface area (TPSA) is 64.6 Å². The summed E-state index contributed by atoms with van der Waals surface area (Å²) in [4.78, 5) is 25.0. The van der Waals surface area contributed by atoms with Gasteiger partial charge in [-0.25, -0.2) is 4.39 Å². The summed E-state index contributed by atoms with van der Waals surface area (Å²) in [7, 11) is 1.39. The van der Waals surface area contributed by atoms with E-state index in [1.807, 2.05) is 19.9 Å². The number of carbonyl (C=O) groups is 2. The summed E-state index contributed by atoms with van der Waals surface area (Å²) >= 11 is 1.64. The normalized spacial score (nSPS) is 19.2. The van der Waals surface area contributed by atoms with Gasteiger partial charge in [-0.3, -0.25) is 9.59 Å². The number of rotatable bonds is 5. The SMILES string of the molecule is COC(=O)CCCc1cc(C2=C/C(=C3\C(=O)Nc4cc(F)ccc43)OC2(C)C)cs1. The van der Waals surface area contributed by atoms with Gasteiger partial charge in [0.15, 0.2) is 0 Å². The highest BCUT2D eigenvalue weighted by molar-refractivity contribution is 7.10. The summed E-state index contributed by atoms with van der Waals surface area (Å²) in [5, 5.41) is 4.77. The largest absolute Gasteiger partial charge is 0.482 e. The zero-order valence-corrected chi connectivity index (χ0v) is 17.8. The van der Waals surface area contributed by atoms with E-state index in [9.17, 15) is 14.0 Å². The lowest BCUT2D eigenvalue weighted by Gasteiger charge is -2.22. The van der Waals surface area contributed by atoms with Crippen LogP contribution in [-0.2, 0) is 25.5 Å². The molecular formula is C23H22FNO4S. The third kappa shape index (κ3) is 3.77. The summed E-state index contributed by atoms with van der Waals surface area (Å²) in [6, 6.07) is 6.34. The minimum absolute atomic E-state index is 0.203. The average Bonchev–Trinajstić information content (AvgIpc) is 3.35. The first-order chi connectivity index (χ1) is 14.3. The molecule has 30 heavy (non-hydrogen) atoms. The first-order valence-electron chi connectivity index (χ1n) is 9.70. The van der Waals surface area contributed by atoms with Crippen LogP contribution in [0, 0.1) is 5.82 Å². The number of fused-ring (bicyclic) bond motifs is 1. The lowest BCUT2D eigenvalue weighted by Crippen LogP contribution is -2.21. The van der Waals surface area contributed by atoms with Gasteiger partial charge in [0.05, 0.1) is 18.4 Å².